The second-order valence-corrected chi connectivity index (χ2v) is 34.7. The quantitative estimate of drug-likeness (QED) is 0.0383. The molecule has 690 valence electrons. The molecule has 0 atom stereocenters. The standard InChI is InChI=1S/C25H30N2O2.C24H28N2O3.C24H28N2O2.C18H17NO3.C11H10O4.C7H9N.CH4/c1-17-8-11-20(12-9-17)26-25(28)23-19(3)29-22-13-10-18(2)21(24(22)23)16-27-14-6-4-5-7-15-27;1-16-7-9-18(10-8-16)25-24(28)22-17(2)29-21-12-11-20(27)19(23(21)22)15-26-13-5-3-4-6-14-26;1-17-10-12-20(13-11-17)25-24(27)22-18(2)28-21-9-7-8-19(23(21)22)16-26-14-5-3-4-6-15-26;1-11-3-6-14(7-4-11)19-18(21)17-12(2)22-16-8-5-13(10-20)9-15(16)17;1-6-10(11(13)14)8-4-7(5-12)2-3-9(8)15-6;1-6-2-4-7(8)5-3-6;/h8-13H,4-7,14-16H2,1-3H3,(H,26,28);7-12,27H,3-6,13-15H2,1-2H3,(H,25,28);7-13H,3-6,14-16H2,1-2H3,(H,25,27);3-9,20H,10H2,1-2H3,(H,19,21);2-4,12H,5H2,1H3,(H,13,14);2-5H,8H2,1H3;1H4. The number of hydrogen-bond acceptors (Lipinski definition) is 17. The number of phenols is 1. The third kappa shape index (κ3) is 25.0. The number of rotatable bonds is 17. The van der Waals surface area contributed by atoms with E-state index in [1.165, 1.54) is 110 Å². The maximum Gasteiger partial charge on any atom is 0.339 e. The minimum absolute atomic E-state index is 0. The summed E-state index contributed by atoms with van der Waals surface area (Å²) in [6.07, 6.45) is 15.1. The average molecular weight is 1780 g/mol. The molecule has 10 N–H and O–H groups in total. The van der Waals surface area contributed by atoms with Gasteiger partial charge >= 0.3 is 5.97 Å². The van der Waals surface area contributed by atoms with E-state index < -0.39 is 5.97 Å². The molecule has 8 heterocycles. The van der Waals surface area contributed by atoms with Crippen LogP contribution in [0.1, 0.15) is 226 Å². The number of aliphatic hydroxyl groups is 2. The first kappa shape index (κ1) is 97.7. The fourth-order valence-corrected chi connectivity index (χ4v) is 17.2. The Morgan fingerprint density at radius 1 is 0.333 bits per heavy atom. The Labute approximate surface area is 773 Å². The van der Waals surface area contributed by atoms with Crippen molar-refractivity contribution < 1.29 is 66.5 Å². The highest BCUT2D eigenvalue weighted by atomic mass is 16.4. The SMILES string of the molecule is C.Cc1ccc(N)cc1.Cc1ccc(NC(=O)c2c(C)oc3ccc(C)c(CN4CCCCCC4)c23)cc1.Cc1ccc(NC(=O)c2c(C)oc3ccc(CO)cc23)cc1.Cc1ccc(NC(=O)c2c(C)oc3ccc(O)c(CN4CCCCCC4)c23)cc1.Cc1ccc(NC(=O)c2c(C)oc3cccc(CN4CCCCCC4)c23)cc1.Cc1oc2ccc(CO)cc2c1C(=O)O. The zero-order chi connectivity index (χ0) is 92.9. The fourth-order valence-electron chi connectivity index (χ4n) is 17.2. The summed E-state index contributed by atoms with van der Waals surface area (Å²) in [5.74, 6) is 1.41. The van der Waals surface area contributed by atoms with Crippen LogP contribution in [0.5, 0.6) is 5.75 Å². The largest absolute Gasteiger partial charge is 0.508 e. The van der Waals surface area contributed by atoms with E-state index in [0.717, 1.165) is 130 Å². The van der Waals surface area contributed by atoms with Gasteiger partial charge in [-0.2, -0.15) is 0 Å². The number of anilines is 5. The maximum atomic E-state index is 13.2. The molecule has 4 amide bonds. The first-order chi connectivity index (χ1) is 63.2. The van der Waals surface area contributed by atoms with E-state index in [-0.39, 0.29) is 55.6 Å². The number of aromatic hydroxyl groups is 1. The van der Waals surface area contributed by atoms with E-state index in [4.69, 9.17) is 38.0 Å². The van der Waals surface area contributed by atoms with Crippen LogP contribution in [-0.2, 0) is 32.8 Å². The molecule has 132 heavy (non-hydrogen) atoms. The number of aliphatic hydroxyl groups excluding tert-OH is 2. The average Bonchev–Trinajstić information content (AvgIpc) is 1.27. The molecule has 0 aliphatic carbocycles. The summed E-state index contributed by atoms with van der Waals surface area (Å²) < 4.78 is 28.8. The van der Waals surface area contributed by atoms with E-state index in [9.17, 15) is 34.2 Å². The molecule has 22 nitrogen and oxygen atoms in total. The molecule has 0 unspecified atom stereocenters. The smallest absolute Gasteiger partial charge is 0.339 e. The summed E-state index contributed by atoms with van der Waals surface area (Å²) >= 11 is 0. The molecule has 3 fully saturated rings. The van der Waals surface area contributed by atoms with Gasteiger partial charge in [-0.25, -0.2) is 4.79 Å². The van der Waals surface area contributed by atoms with Crippen LogP contribution >= 0.6 is 0 Å². The van der Waals surface area contributed by atoms with Crippen LogP contribution in [0, 0.1) is 76.2 Å². The summed E-state index contributed by atoms with van der Waals surface area (Å²) in [5, 5.41) is 53.7. The Morgan fingerprint density at radius 2 is 0.636 bits per heavy atom. The summed E-state index contributed by atoms with van der Waals surface area (Å²) in [5.41, 5.74) is 26.9. The number of likely N-dealkylation sites (tertiary alicyclic amines) is 3. The number of furan rings is 5. The van der Waals surface area contributed by atoms with Gasteiger partial charge in [0.25, 0.3) is 23.6 Å². The van der Waals surface area contributed by atoms with Crippen molar-refractivity contribution in [3.63, 3.8) is 0 Å². The summed E-state index contributed by atoms with van der Waals surface area (Å²) in [4.78, 5) is 70.4. The van der Waals surface area contributed by atoms with Gasteiger partial charge in [-0.05, 0) is 291 Å². The van der Waals surface area contributed by atoms with Gasteiger partial charge in [0.05, 0.1) is 35.5 Å². The van der Waals surface area contributed by atoms with E-state index in [1.807, 2.05) is 188 Å². The van der Waals surface area contributed by atoms with Gasteiger partial charge in [-0.1, -0.05) is 165 Å². The predicted octanol–water partition coefficient (Wildman–Crippen LogP) is 25.0. The highest BCUT2D eigenvalue weighted by molar-refractivity contribution is 6.17. The number of hydrogen-bond donors (Lipinski definition) is 9. The van der Waals surface area contributed by atoms with Crippen LogP contribution in [0.15, 0.2) is 222 Å². The molecule has 10 aromatic carbocycles. The lowest BCUT2D eigenvalue weighted by molar-refractivity contribution is 0.0695. The molecule has 18 rings (SSSR count). The molecule has 3 aliphatic heterocycles. The van der Waals surface area contributed by atoms with E-state index in [2.05, 4.69) is 55.0 Å². The zero-order valence-electron chi connectivity index (χ0n) is 77.1. The number of carboxylic acid groups (broad SMARTS) is 1. The van der Waals surface area contributed by atoms with Crippen molar-refractivity contribution in [2.24, 2.45) is 0 Å². The van der Waals surface area contributed by atoms with Gasteiger partial charge in [0.1, 0.15) is 68.0 Å². The number of nitrogens with two attached hydrogens (primary N) is 1. The number of benzene rings is 10. The molecule has 22 heteroatoms. The molecule has 3 aliphatic rings. The van der Waals surface area contributed by atoms with E-state index in [0.29, 0.717) is 90.7 Å². The number of phenolic OH excluding ortho intramolecular Hbond substituents is 1. The normalized spacial score (nSPS) is 13.6. The topological polar surface area (TPSA) is 316 Å². The third-order valence-corrected chi connectivity index (χ3v) is 24.4. The van der Waals surface area contributed by atoms with Crippen molar-refractivity contribution in [2.45, 2.75) is 193 Å². The van der Waals surface area contributed by atoms with Crippen LogP contribution < -0.4 is 27.0 Å². The number of nitrogen functional groups attached to an aromatic ring is 1. The Morgan fingerprint density at radius 3 is 1.02 bits per heavy atom. The fraction of sp³-hybridized carbons (Fsp3) is 0.318. The van der Waals surface area contributed by atoms with Gasteiger partial charge < -0.3 is 69.5 Å². The summed E-state index contributed by atoms with van der Waals surface area (Å²) in [6.45, 7) is 29.9. The first-order valence-electron chi connectivity index (χ1n) is 45.4. The van der Waals surface area contributed by atoms with Crippen molar-refractivity contribution in [2.75, 3.05) is 66.3 Å². The molecular weight excluding hydrogens is 1660 g/mol. The van der Waals surface area contributed by atoms with Crippen LogP contribution in [0.4, 0.5) is 28.4 Å². The Hall–Kier alpha value is -13.4. The number of aromatic carboxylic acids is 1. The van der Waals surface area contributed by atoms with Gasteiger partial charge in [0.15, 0.2) is 0 Å². The second kappa shape index (κ2) is 46.0. The molecule has 0 radical (unpaired) electrons. The number of nitrogens with one attached hydrogen (secondary N) is 4. The van der Waals surface area contributed by atoms with Crippen molar-refractivity contribution in [3.05, 3.63) is 318 Å². The Bertz CT molecular complexity index is 6260. The zero-order valence-corrected chi connectivity index (χ0v) is 77.1. The predicted molar refractivity (Wildman–Crippen MR) is 530 cm³/mol. The van der Waals surface area contributed by atoms with Gasteiger partial charge in [-0.3, -0.25) is 33.9 Å². The molecule has 0 saturated carbocycles. The second-order valence-electron chi connectivity index (χ2n) is 34.7. The lowest BCUT2D eigenvalue weighted by Gasteiger charge is -2.21. The van der Waals surface area contributed by atoms with E-state index in [1.54, 1.807) is 69.3 Å². The monoisotopic (exact) mass is 1780 g/mol. The highest BCUT2D eigenvalue weighted by Gasteiger charge is 2.29. The number of carboxylic acids is 1. The van der Waals surface area contributed by atoms with Gasteiger partial charge in [-0.15, -0.1) is 0 Å². The number of amides is 4. The number of carbonyl (C=O) groups excluding carboxylic acids is 4. The molecule has 3 saturated heterocycles. The van der Waals surface area contributed by atoms with Crippen molar-refractivity contribution in [3.8, 4) is 5.75 Å². The minimum atomic E-state index is -1.01. The van der Waals surface area contributed by atoms with Crippen molar-refractivity contribution >= 4 is 113 Å². The van der Waals surface area contributed by atoms with E-state index >= 15 is 0 Å². The number of carbonyl (C=O) groups is 5. The number of aryl methyl sites for hydroxylation is 11. The summed E-state index contributed by atoms with van der Waals surface area (Å²) in [6, 6.07) is 62.8. The van der Waals surface area contributed by atoms with Crippen LogP contribution in [0.2, 0.25) is 0 Å². The minimum Gasteiger partial charge on any atom is -0.508 e. The molecule has 0 bridgehead atoms. The molecular formula is C110H126N8O14. The molecule has 15 aromatic rings. The van der Waals surface area contributed by atoms with Gasteiger partial charge in [0, 0.05) is 80.6 Å². The molecule has 5 aromatic heterocycles. The van der Waals surface area contributed by atoms with Crippen LogP contribution in [0.3, 0.4) is 0 Å². The van der Waals surface area contributed by atoms with Gasteiger partial charge in [0.2, 0.25) is 0 Å². The lowest BCUT2D eigenvalue weighted by atomic mass is 9.99. The maximum absolute atomic E-state index is 13.2. The van der Waals surface area contributed by atoms with Crippen LogP contribution in [0.25, 0.3) is 54.8 Å². The third-order valence-electron chi connectivity index (χ3n) is 24.4. The number of nitrogens with zero attached hydrogens (tertiary/aromatic N) is 3. The highest BCUT2D eigenvalue weighted by Crippen LogP contribution is 2.39. The van der Waals surface area contributed by atoms with Crippen molar-refractivity contribution in [1.29, 1.82) is 0 Å². The molecule has 0 spiro atoms. The Balaban J connectivity index is 0.000000147. The lowest BCUT2D eigenvalue weighted by Crippen LogP contribution is -2.24. The first-order valence-corrected chi connectivity index (χ1v) is 45.4. The summed E-state index contributed by atoms with van der Waals surface area (Å²) in [7, 11) is 0. The van der Waals surface area contributed by atoms with Crippen molar-refractivity contribution in [1.82, 2.24) is 14.7 Å². The van der Waals surface area contributed by atoms with Crippen LogP contribution in [-0.4, -0.2) is 104 Å². The Kier molecular flexibility index (Phi) is 34.0. The number of fused-ring (bicyclic) bond motifs is 5.